The van der Waals surface area contributed by atoms with Crippen LogP contribution in [-0.4, -0.2) is 24.8 Å². The Hall–Kier alpha value is -0.0800. The Morgan fingerprint density at radius 3 is 1.95 bits per heavy atom. The Kier molecular flexibility index (Phi) is 7.00. The van der Waals surface area contributed by atoms with Crippen LogP contribution in [0.4, 0.5) is 0 Å². The number of rotatable bonds is 7. The van der Waals surface area contributed by atoms with Crippen LogP contribution < -0.4 is 5.32 Å². The quantitative estimate of drug-likeness (QED) is 0.733. The van der Waals surface area contributed by atoms with Crippen molar-refractivity contribution in [3.63, 3.8) is 0 Å². The van der Waals surface area contributed by atoms with Gasteiger partial charge in [-0.2, -0.15) is 0 Å². The average Bonchev–Trinajstić information content (AvgIpc) is 2.44. The number of hydrogen-bond acceptors (Lipinski definition) is 2. The van der Waals surface area contributed by atoms with Crippen molar-refractivity contribution in [3.8, 4) is 0 Å². The number of nitrogens with one attached hydrogen (secondary N) is 1. The molecule has 0 saturated heterocycles. The van der Waals surface area contributed by atoms with E-state index in [-0.39, 0.29) is 5.41 Å². The van der Waals surface area contributed by atoms with E-state index in [1.165, 1.54) is 25.7 Å². The minimum absolute atomic E-state index is 0.0998. The largest absolute Gasteiger partial charge is 0.396 e. The highest BCUT2D eigenvalue weighted by atomic mass is 16.3. The number of aliphatic hydroxyl groups is 1. The van der Waals surface area contributed by atoms with Gasteiger partial charge in [-0.1, -0.05) is 34.6 Å². The molecular formula is C18H37NO. The lowest BCUT2D eigenvalue weighted by Gasteiger charge is -2.37. The van der Waals surface area contributed by atoms with Crippen LogP contribution in [0.1, 0.15) is 73.1 Å². The van der Waals surface area contributed by atoms with E-state index in [1.807, 2.05) is 0 Å². The van der Waals surface area contributed by atoms with E-state index in [0.717, 1.165) is 37.8 Å². The molecule has 0 amide bonds. The average molecular weight is 284 g/mol. The zero-order valence-electron chi connectivity index (χ0n) is 14.5. The van der Waals surface area contributed by atoms with Gasteiger partial charge in [0.05, 0.1) is 0 Å². The highest BCUT2D eigenvalue weighted by molar-refractivity contribution is 4.83. The molecule has 1 rings (SSSR count). The third-order valence-electron chi connectivity index (χ3n) is 5.84. The van der Waals surface area contributed by atoms with Gasteiger partial charge in [-0.15, -0.1) is 0 Å². The third kappa shape index (κ3) is 5.04. The van der Waals surface area contributed by atoms with E-state index in [4.69, 9.17) is 0 Å². The van der Waals surface area contributed by atoms with Gasteiger partial charge in [-0.3, -0.25) is 0 Å². The predicted molar refractivity (Wildman–Crippen MR) is 87.9 cm³/mol. The van der Waals surface area contributed by atoms with Crippen molar-refractivity contribution < 1.29 is 5.11 Å². The van der Waals surface area contributed by atoms with Crippen molar-refractivity contribution in [1.29, 1.82) is 0 Å². The molecule has 1 aliphatic rings. The standard InChI is InChI=1S/C18H37NO/c1-6-18(7-2,14-20)13-19-12-15-8-10-16(11-9-15)17(3,4)5/h15-16,19-20H,6-14H2,1-5H3. The van der Waals surface area contributed by atoms with Gasteiger partial charge < -0.3 is 10.4 Å². The zero-order valence-corrected chi connectivity index (χ0v) is 14.5. The lowest BCUT2D eigenvalue weighted by atomic mass is 9.70. The molecule has 0 radical (unpaired) electrons. The summed E-state index contributed by atoms with van der Waals surface area (Å²) in [5, 5.41) is 13.2. The van der Waals surface area contributed by atoms with Crippen LogP contribution in [0.25, 0.3) is 0 Å². The Balaban J connectivity index is 2.28. The van der Waals surface area contributed by atoms with Crippen molar-refractivity contribution in [2.24, 2.45) is 22.7 Å². The van der Waals surface area contributed by atoms with Crippen LogP contribution in [0.15, 0.2) is 0 Å². The van der Waals surface area contributed by atoms with Crippen LogP contribution in [0.3, 0.4) is 0 Å². The van der Waals surface area contributed by atoms with Crippen LogP contribution in [0, 0.1) is 22.7 Å². The monoisotopic (exact) mass is 283 g/mol. The summed E-state index contributed by atoms with van der Waals surface area (Å²) in [4.78, 5) is 0. The van der Waals surface area contributed by atoms with Gasteiger partial charge in [0.25, 0.3) is 0 Å². The van der Waals surface area contributed by atoms with Crippen molar-refractivity contribution in [3.05, 3.63) is 0 Å². The fourth-order valence-corrected chi connectivity index (χ4v) is 3.55. The van der Waals surface area contributed by atoms with Gasteiger partial charge in [-0.05, 0) is 62.3 Å². The molecule has 2 N–H and O–H groups in total. The normalized spacial score (nSPS) is 24.9. The van der Waals surface area contributed by atoms with Gasteiger partial charge >= 0.3 is 0 Å². The summed E-state index contributed by atoms with van der Waals surface area (Å²) in [5.74, 6) is 1.75. The van der Waals surface area contributed by atoms with Gasteiger partial charge in [0.15, 0.2) is 0 Å². The second-order valence-electron chi connectivity index (χ2n) is 8.08. The molecule has 0 aliphatic heterocycles. The Morgan fingerprint density at radius 2 is 1.55 bits per heavy atom. The molecule has 0 aromatic rings. The van der Waals surface area contributed by atoms with Crippen molar-refractivity contribution in [1.82, 2.24) is 5.32 Å². The Morgan fingerprint density at radius 1 is 1.00 bits per heavy atom. The maximum atomic E-state index is 9.60. The molecule has 2 heteroatoms. The second kappa shape index (κ2) is 7.79. The van der Waals surface area contributed by atoms with Gasteiger partial charge in [0.2, 0.25) is 0 Å². The summed E-state index contributed by atoms with van der Waals surface area (Å²) in [7, 11) is 0. The minimum atomic E-state index is 0.0998. The molecule has 2 nitrogen and oxygen atoms in total. The molecule has 0 aromatic carbocycles. The third-order valence-corrected chi connectivity index (χ3v) is 5.84. The molecule has 120 valence electrons. The van der Waals surface area contributed by atoms with Crippen LogP contribution in [0.2, 0.25) is 0 Å². The van der Waals surface area contributed by atoms with Crippen LogP contribution in [0.5, 0.6) is 0 Å². The summed E-state index contributed by atoms with van der Waals surface area (Å²) in [6, 6.07) is 0. The highest BCUT2D eigenvalue weighted by Crippen LogP contribution is 2.39. The lowest BCUT2D eigenvalue weighted by Crippen LogP contribution is -2.39. The highest BCUT2D eigenvalue weighted by Gasteiger charge is 2.30. The topological polar surface area (TPSA) is 32.3 Å². The SMILES string of the molecule is CCC(CC)(CO)CNCC1CCC(C(C)(C)C)CC1. The maximum Gasteiger partial charge on any atom is 0.0499 e. The molecule has 1 aliphatic carbocycles. The zero-order chi connectivity index (χ0) is 15.2. The molecule has 0 spiro atoms. The Labute approximate surface area is 126 Å². The first-order valence-electron chi connectivity index (χ1n) is 8.68. The molecule has 1 saturated carbocycles. The van der Waals surface area contributed by atoms with Gasteiger partial charge in [0, 0.05) is 18.6 Å². The van der Waals surface area contributed by atoms with Gasteiger partial charge in [-0.25, -0.2) is 0 Å². The molecule has 0 unspecified atom stereocenters. The fourth-order valence-electron chi connectivity index (χ4n) is 3.55. The number of hydrogen-bond donors (Lipinski definition) is 2. The van der Waals surface area contributed by atoms with E-state index < -0.39 is 0 Å². The van der Waals surface area contributed by atoms with Crippen LogP contribution >= 0.6 is 0 Å². The lowest BCUT2D eigenvalue weighted by molar-refractivity contribution is 0.107. The van der Waals surface area contributed by atoms with E-state index in [9.17, 15) is 5.11 Å². The second-order valence-corrected chi connectivity index (χ2v) is 8.08. The summed E-state index contributed by atoms with van der Waals surface area (Å²) >= 11 is 0. The van der Waals surface area contributed by atoms with E-state index >= 15 is 0 Å². The first-order valence-corrected chi connectivity index (χ1v) is 8.68. The number of aliphatic hydroxyl groups excluding tert-OH is 1. The molecular weight excluding hydrogens is 246 g/mol. The summed E-state index contributed by atoms with van der Waals surface area (Å²) in [5.41, 5.74) is 0.581. The van der Waals surface area contributed by atoms with Crippen LogP contribution in [-0.2, 0) is 0 Å². The molecule has 1 fully saturated rings. The molecule has 20 heavy (non-hydrogen) atoms. The van der Waals surface area contributed by atoms with Crippen molar-refractivity contribution >= 4 is 0 Å². The first kappa shape index (κ1) is 18.0. The van der Waals surface area contributed by atoms with Gasteiger partial charge in [0.1, 0.15) is 0 Å². The van der Waals surface area contributed by atoms with Crippen molar-refractivity contribution in [2.75, 3.05) is 19.7 Å². The maximum absolute atomic E-state index is 9.60. The summed E-state index contributed by atoms with van der Waals surface area (Å²) < 4.78 is 0. The fraction of sp³-hybridized carbons (Fsp3) is 1.00. The molecule has 0 aromatic heterocycles. The Bertz CT molecular complexity index is 249. The summed E-state index contributed by atoms with van der Waals surface area (Å²) in [6.45, 7) is 13.9. The predicted octanol–water partition coefficient (Wildman–Crippen LogP) is 4.23. The molecule has 0 atom stereocenters. The van der Waals surface area contributed by atoms with Crippen molar-refractivity contribution in [2.45, 2.75) is 73.1 Å². The van der Waals surface area contributed by atoms with E-state index in [1.54, 1.807) is 0 Å². The summed E-state index contributed by atoms with van der Waals surface area (Å²) in [6.07, 6.45) is 7.65. The smallest absolute Gasteiger partial charge is 0.0499 e. The van der Waals surface area contributed by atoms with E-state index in [0.29, 0.717) is 12.0 Å². The minimum Gasteiger partial charge on any atom is -0.396 e. The first-order chi connectivity index (χ1) is 9.37. The van der Waals surface area contributed by atoms with E-state index in [2.05, 4.69) is 39.9 Å². The molecule has 0 heterocycles. The molecule has 0 bridgehead atoms.